The van der Waals surface area contributed by atoms with Gasteiger partial charge in [-0.2, -0.15) is 0 Å². The van der Waals surface area contributed by atoms with Gasteiger partial charge in [-0.1, -0.05) is 13.0 Å². The number of hydrogen-bond acceptors (Lipinski definition) is 1. The predicted molar refractivity (Wildman–Crippen MR) is 48.7 cm³/mol. The zero-order chi connectivity index (χ0) is 10.3. The normalized spacial score (nSPS) is 31.3. The Bertz CT molecular complexity index is 344. The summed E-state index contributed by atoms with van der Waals surface area (Å²) < 4.78 is 26.7. The van der Waals surface area contributed by atoms with Crippen molar-refractivity contribution in [2.75, 3.05) is 0 Å². The zero-order valence-corrected chi connectivity index (χ0v) is 7.93. The number of halogens is 2. The monoisotopic (exact) mass is 198 g/mol. The average molecular weight is 198 g/mol. The first-order chi connectivity index (χ1) is 6.55. The first kappa shape index (κ1) is 9.59. The summed E-state index contributed by atoms with van der Waals surface area (Å²) in [5, 5.41) is 10.0. The van der Waals surface area contributed by atoms with Gasteiger partial charge in [0.25, 0.3) is 0 Å². The predicted octanol–water partition coefficient (Wildman–Crippen LogP) is 2.58. The van der Waals surface area contributed by atoms with Gasteiger partial charge in [0.1, 0.15) is 11.6 Å². The van der Waals surface area contributed by atoms with E-state index in [0.717, 1.165) is 6.42 Å². The van der Waals surface area contributed by atoms with Gasteiger partial charge >= 0.3 is 0 Å². The maximum atomic E-state index is 13.3. The molecule has 1 aliphatic carbocycles. The Hall–Kier alpha value is -0.960. The smallest absolute Gasteiger partial charge is 0.132 e. The van der Waals surface area contributed by atoms with Crippen LogP contribution in [0.3, 0.4) is 0 Å². The van der Waals surface area contributed by atoms with E-state index in [9.17, 15) is 13.9 Å². The Morgan fingerprint density at radius 2 is 1.93 bits per heavy atom. The van der Waals surface area contributed by atoms with Gasteiger partial charge in [0, 0.05) is 0 Å². The standard InChI is InChI=1S/C11H12F2O/c1-7-5-6-11(7,14)10-8(12)3-2-4-9(10)13/h2-4,7,14H,5-6H2,1H3. The van der Waals surface area contributed by atoms with Gasteiger partial charge in [-0.25, -0.2) is 8.78 Å². The van der Waals surface area contributed by atoms with Crippen LogP contribution in [0.25, 0.3) is 0 Å². The van der Waals surface area contributed by atoms with Crippen molar-refractivity contribution in [1.29, 1.82) is 0 Å². The van der Waals surface area contributed by atoms with E-state index in [4.69, 9.17) is 0 Å². The van der Waals surface area contributed by atoms with Crippen LogP contribution in [-0.2, 0) is 5.60 Å². The lowest BCUT2D eigenvalue weighted by atomic mass is 9.66. The van der Waals surface area contributed by atoms with E-state index in [1.165, 1.54) is 18.2 Å². The maximum absolute atomic E-state index is 13.3. The molecule has 1 aromatic carbocycles. The molecule has 0 bridgehead atoms. The fraction of sp³-hybridized carbons (Fsp3) is 0.455. The molecule has 1 nitrogen and oxygen atoms in total. The van der Waals surface area contributed by atoms with Gasteiger partial charge in [-0.15, -0.1) is 0 Å². The van der Waals surface area contributed by atoms with Gasteiger partial charge in [0.05, 0.1) is 11.2 Å². The van der Waals surface area contributed by atoms with Crippen LogP contribution in [0.5, 0.6) is 0 Å². The lowest BCUT2D eigenvalue weighted by molar-refractivity contribution is -0.0979. The number of hydrogen-bond donors (Lipinski definition) is 1. The molecule has 0 aromatic heterocycles. The third kappa shape index (κ3) is 1.16. The summed E-state index contributed by atoms with van der Waals surface area (Å²) in [4.78, 5) is 0. The lowest BCUT2D eigenvalue weighted by Gasteiger charge is -2.44. The van der Waals surface area contributed by atoms with Crippen molar-refractivity contribution in [3.05, 3.63) is 35.4 Å². The fourth-order valence-corrected chi connectivity index (χ4v) is 1.99. The molecule has 3 heteroatoms. The molecular weight excluding hydrogens is 186 g/mol. The van der Waals surface area contributed by atoms with Gasteiger partial charge in [0.2, 0.25) is 0 Å². The van der Waals surface area contributed by atoms with Gasteiger partial charge in [0.15, 0.2) is 0 Å². The Morgan fingerprint density at radius 3 is 2.29 bits per heavy atom. The highest BCUT2D eigenvalue weighted by Gasteiger charge is 2.46. The molecule has 0 saturated heterocycles. The molecule has 0 spiro atoms. The van der Waals surface area contributed by atoms with Crippen LogP contribution in [0, 0.1) is 17.6 Å². The second-order valence-electron chi connectivity index (χ2n) is 3.96. The topological polar surface area (TPSA) is 20.2 Å². The summed E-state index contributed by atoms with van der Waals surface area (Å²) in [6.45, 7) is 1.80. The fourth-order valence-electron chi connectivity index (χ4n) is 1.99. The number of aliphatic hydroxyl groups is 1. The SMILES string of the molecule is CC1CCC1(O)c1c(F)cccc1F. The van der Waals surface area contributed by atoms with Crippen molar-refractivity contribution in [3.8, 4) is 0 Å². The largest absolute Gasteiger partial charge is 0.385 e. The third-order valence-corrected chi connectivity index (χ3v) is 3.17. The molecule has 0 heterocycles. The Labute approximate surface area is 81.4 Å². The molecule has 1 N–H and O–H groups in total. The quantitative estimate of drug-likeness (QED) is 0.735. The van der Waals surface area contributed by atoms with E-state index < -0.39 is 17.2 Å². The second kappa shape index (κ2) is 3.02. The third-order valence-electron chi connectivity index (χ3n) is 3.17. The molecule has 1 aromatic rings. The highest BCUT2D eigenvalue weighted by Crippen LogP contribution is 2.47. The average Bonchev–Trinajstić information content (AvgIpc) is 2.15. The highest BCUT2D eigenvalue weighted by atomic mass is 19.1. The van der Waals surface area contributed by atoms with Crippen LogP contribution in [0.15, 0.2) is 18.2 Å². The Morgan fingerprint density at radius 1 is 1.36 bits per heavy atom. The molecule has 76 valence electrons. The van der Waals surface area contributed by atoms with Crippen LogP contribution >= 0.6 is 0 Å². The summed E-state index contributed by atoms with van der Waals surface area (Å²) in [6, 6.07) is 3.67. The minimum Gasteiger partial charge on any atom is -0.385 e. The van der Waals surface area contributed by atoms with Crippen molar-refractivity contribution in [1.82, 2.24) is 0 Å². The highest BCUT2D eigenvalue weighted by molar-refractivity contribution is 5.29. The first-order valence-corrected chi connectivity index (χ1v) is 4.72. The molecular formula is C11H12F2O. The Balaban J connectivity index is 2.50. The molecule has 2 rings (SSSR count). The van der Waals surface area contributed by atoms with Gasteiger partial charge < -0.3 is 5.11 Å². The van der Waals surface area contributed by atoms with Crippen molar-refractivity contribution in [2.45, 2.75) is 25.4 Å². The first-order valence-electron chi connectivity index (χ1n) is 4.72. The van der Waals surface area contributed by atoms with E-state index in [0.29, 0.717) is 6.42 Å². The van der Waals surface area contributed by atoms with Gasteiger partial charge in [-0.05, 0) is 30.9 Å². The number of benzene rings is 1. The Kier molecular flexibility index (Phi) is 2.07. The van der Waals surface area contributed by atoms with Crippen molar-refractivity contribution in [2.24, 2.45) is 5.92 Å². The summed E-state index contributed by atoms with van der Waals surface area (Å²) in [5.74, 6) is -1.38. The molecule has 2 atom stereocenters. The van der Waals surface area contributed by atoms with Crippen LogP contribution in [0.2, 0.25) is 0 Å². The van der Waals surface area contributed by atoms with Crippen LogP contribution in [0.4, 0.5) is 8.78 Å². The van der Waals surface area contributed by atoms with E-state index in [2.05, 4.69) is 0 Å². The van der Waals surface area contributed by atoms with Gasteiger partial charge in [-0.3, -0.25) is 0 Å². The van der Waals surface area contributed by atoms with E-state index in [1.807, 2.05) is 0 Å². The van der Waals surface area contributed by atoms with E-state index in [-0.39, 0.29) is 11.5 Å². The number of rotatable bonds is 1. The lowest BCUT2D eigenvalue weighted by Crippen LogP contribution is -2.44. The minimum absolute atomic E-state index is 0.0751. The van der Waals surface area contributed by atoms with Crippen molar-refractivity contribution in [3.63, 3.8) is 0 Å². The molecule has 14 heavy (non-hydrogen) atoms. The summed E-state index contributed by atoms with van der Waals surface area (Å²) >= 11 is 0. The van der Waals surface area contributed by atoms with E-state index in [1.54, 1.807) is 6.92 Å². The van der Waals surface area contributed by atoms with Crippen molar-refractivity contribution >= 4 is 0 Å². The maximum Gasteiger partial charge on any atom is 0.132 e. The van der Waals surface area contributed by atoms with Crippen molar-refractivity contribution < 1.29 is 13.9 Å². The molecule has 2 unspecified atom stereocenters. The molecule has 1 saturated carbocycles. The summed E-state index contributed by atoms with van der Waals surface area (Å²) in [6.07, 6.45) is 1.25. The molecule has 0 amide bonds. The summed E-state index contributed by atoms with van der Waals surface area (Å²) in [5.41, 5.74) is -1.46. The van der Waals surface area contributed by atoms with Crippen LogP contribution in [-0.4, -0.2) is 5.11 Å². The summed E-state index contributed by atoms with van der Waals surface area (Å²) in [7, 11) is 0. The van der Waals surface area contributed by atoms with Crippen LogP contribution < -0.4 is 0 Å². The molecule has 1 fully saturated rings. The van der Waals surface area contributed by atoms with E-state index >= 15 is 0 Å². The minimum atomic E-state index is -1.30. The molecule has 0 radical (unpaired) electrons. The molecule has 1 aliphatic rings. The zero-order valence-electron chi connectivity index (χ0n) is 7.93. The molecule has 0 aliphatic heterocycles. The van der Waals surface area contributed by atoms with Crippen LogP contribution in [0.1, 0.15) is 25.3 Å². The second-order valence-corrected chi connectivity index (χ2v) is 3.96.